The summed E-state index contributed by atoms with van der Waals surface area (Å²) in [4.78, 5) is 36.0. The molecule has 0 bridgehead atoms. The first-order valence-electron chi connectivity index (χ1n) is 8.34. The lowest BCUT2D eigenvalue weighted by Gasteiger charge is -2.11. The molecule has 28 heavy (non-hydrogen) atoms. The molecule has 9 nitrogen and oxygen atoms in total. The predicted octanol–water partition coefficient (Wildman–Crippen LogP) is 2.35. The number of methoxy groups -OCH3 is 2. The van der Waals surface area contributed by atoms with Gasteiger partial charge in [0.1, 0.15) is 11.5 Å². The summed E-state index contributed by atoms with van der Waals surface area (Å²) in [7, 11) is 2.94. The standard InChI is InChI=1S/C19H21N3O6/c1-4-28-19(25)20-14-7-5-6-12(8-14)17(23)21-22-18(24)13-9-15(26-2)11-16(10-13)27-3/h5-11H,4H2,1-3H3,(H,20,25)(H,21,23)(H,22,24). The van der Waals surface area contributed by atoms with Crippen LogP contribution >= 0.6 is 0 Å². The van der Waals surface area contributed by atoms with E-state index in [4.69, 9.17) is 14.2 Å². The van der Waals surface area contributed by atoms with E-state index >= 15 is 0 Å². The minimum absolute atomic E-state index is 0.229. The van der Waals surface area contributed by atoms with Crippen LogP contribution in [0, 0.1) is 0 Å². The average Bonchev–Trinajstić information content (AvgIpc) is 2.71. The molecule has 0 saturated heterocycles. The number of amides is 3. The van der Waals surface area contributed by atoms with E-state index in [9.17, 15) is 14.4 Å². The molecule has 0 saturated carbocycles. The summed E-state index contributed by atoms with van der Waals surface area (Å²) in [5.74, 6) is -0.232. The van der Waals surface area contributed by atoms with Crippen LogP contribution in [0.1, 0.15) is 27.6 Å². The van der Waals surface area contributed by atoms with Gasteiger partial charge >= 0.3 is 6.09 Å². The number of hydrogen-bond acceptors (Lipinski definition) is 6. The second-order valence-corrected chi connectivity index (χ2v) is 5.44. The summed E-state index contributed by atoms with van der Waals surface area (Å²) in [6, 6.07) is 10.8. The molecule has 0 aromatic heterocycles. The van der Waals surface area contributed by atoms with E-state index < -0.39 is 17.9 Å². The van der Waals surface area contributed by atoms with Crippen LogP contribution in [0.25, 0.3) is 0 Å². The summed E-state index contributed by atoms with van der Waals surface area (Å²) in [5, 5.41) is 2.50. The lowest BCUT2D eigenvalue weighted by Crippen LogP contribution is -2.41. The highest BCUT2D eigenvalue weighted by molar-refractivity contribution is 6.00. The normalized spacial score (nSPS) is 9.82. The first-order valence-corrected chi connectivity index (χ1v) is 8.34. The molecule has 2 rings (SSSR count). The topological polar surface area (TPSA) is 115 Å². The Morgan fingerprint density at radius 2 is 1.46 bits per heavy atom. The Kier molecular flexibility index (Phi) is 7.21. The molecule has 3 N–H and O–H groups in total. The first-order chi connectivity index (χ1) is 13.5. The Morgan fingerprint density at radius 1 is 0.857 bits per heavy atom. The Hall–Kier alpha value is -3.75. The van der Waals surface area contributed by atoms with Crippen LogP contribution in [0.4, 0.5) is 10.5 Å². The largest absolute Gasteiger partial charge is 0.497 e. The smallest absolute Gasteiger partial charge is 0.411 e. The number of ether oxygens (including phenoxy) is 3. The SMILES string of the molecule is CCOC(=O)Nc1cccc(C(=O)NNC(=O)c2cc(OC)cc(OC)c2)c1. The number of anilines is 1. The van der Waals surface area contributed by atoms with E-state index in [2.05, 4.69) is 16.2 Å². The molecule has 0 fully saturated rings. The lowest BCUT2D eigenvalue weighted by atomic mass is 10.2. The van der Waals surface area contributed by atoms with Gasteiger partial charge < -0.3 is 14.2 Å². The number of hydrazine groups is 1. The zero-order valence-electron chi connectivity index (χ0n) is 15.7. The van der Waals surface area contributed by atoms with Crippen molar-refractivity contribution < 1.29 is 28.6 Å². The maximum atomic E-state index is 12.3. The zero-order valence-corrected chi connectivity index (χ0v) is 15.7. The number of rotatable bonds is 6. The molecule has 2 aromatic rings. The van der Waals surface area contributed by atoms with Gasteiger partial charge in [-0.15, -0.1) is 0 Å². The Balaban J connectivity index is 2.02. The number of nitrogens with one attached hydrogen (secondary N) is 3. The minimum Gasteiger partial charge on any atom is -0.497 e. The monoisotopic (exact) mass is 387 g/mol. The highest BCUT2D eigenvalue weighted by atomic mass is 16.5. The van der Waals surface area contributed by atoms with Crippen molar-refractivity contribution in [2.24, 2.45) is 0 Å². The molecule has 0 unspecified atom stereocenters. The third kappa shape index (κ3) is 5.63. The van der Waals surface area contributed by atoms with Gasteiger partial charge in [-0.05, 0) is 37.3 Å². The molecule has 148 valence electrons. The molecule has 0 atom stereocenters. The van der Waals surface area contributed by atoms with Crippen molar-refractivity contribution >= 4 is 23.6 Å². The second kappa shape index (κ2) is 9.81. The highest BCUT2D eigenvalue weighted by Gasteiger charge is 2.13. The van der Waals surface area contributed by atoms with Crippen molar-refractivity contribution in [1.29, 1.82) is 0 Å². The molecule has 0 heterocycles. The number of hydrogen-bond donors (Lipinski definition) is 3. The quantitative estimate of drug-likeness (QED) is 0.656. The summed E-state index contributed by atoms with van der Waals surface area (Å²) in [6.07, 6.45) is -0.625. The van der Waals surface area contributed by atoms with Crippen molar-refractivity contribution in [3.8, 4) is 11.5 Å². The molecule has 2 aromatic carbocycles. The van der Waals surface area contributed by atoms with Gasteiger partial charge in [-0.25, -0.2) is 4.79 Å². The number of benzene rings is 2. The van der Waals surface area contributed by atoms with Gasteiger partial charge in [0.05, 0.1) is 20.8 Å². The molecule has 0 aliphatic rings. The van der Waals surface area contributed by atoms with E-state index in [1.54, 1.807) is 25.1 Å². The van der Waals surface area contributed by atoms with Crippen LogP contribution in [0.15, 0.2) is 42.5 Å². The number of carbonyl (C=O) groups is 3. The summed E-state index contributed by atoms with van der Waals surface area (Å²) in [5.41, 5.74) is 5.50. The van der Waals surface area contributed by atoms with Crippen molar-refractivity contribution in [1.82, 2.24) is 10.9 Å². The second-order valence-electron chi connectivity index (χ2n) is 5.44. The molecule has 0 aliphatic carbocycles. The Labute approximate surface area is 161 Å². The van der Waals surface area contributed by atoms with Crippen molar-refractivity contribution in [3.05, 3.63) is 53.6 Å². The van der Waals surface area contributed by atoms with Crippen LogP contribution < -0.4 is 25.6 Å². The van der Waals surface area contributed by atoms with Crippen molar-refractivity contribution in [2.45, 2.75) is 6.92 Å². The van der Waals surface area contributed by atoms with Gasteiger partial charge in [0, 0.05) is 22.9 Å². The summed E-state index contributed by atoms with van der Waals surface area (Å²) in [6.45, 7) is 1.91. The predicted molar refractivity (Wildman–Crippen MR) is 102 cm³/mol. The Morgan fingerprint density at radius 3 is 2.04 bits per heavy atom. The highest BCUT2D eigenvalue weighted by Crippen LogP contribution is 2.22. The molecule has 0 radical (unpaired) electrons. The molecule has 0 aliphatic heterocycles. The molecular formula is C19H21N3O6. The number of carbonyl (C=O) groups excluding carboxylic acids is 3. The minimum atomic E-state index is -0.625. The van der Waals surface area contributed by atoms with Gasteiger partial charge in [0.2, 0.25) is 0 Å². The average molecular weight is 387 g/mol. The van der Waals surface area contributed by atoms with Crippen LogP contribution in [0.2, 0.25) is 0 Å². The summed E-state index contributed by atoms with van der Waals surface area (Å²) < 4.78 is 15.0. The van der Waals surface area contributed by atoms with E-state index in [0.29, 0.717) is 17.2 Å². The van der Waals surface area contributed by atoms with Crippen molar-refractivity contribution in [3.63, 3.8) is 0 Å². The summed E-state index contributed by atoms with van der Waals surface area (Å²) >= 11 is 0. The fourth-order valence-corrected chi connectivity index (χ4v) is 2.22. The van der Waals surface area contributed by atoms with E-state index in [1.807, 2.05) is 0 Å². The molecule has 0 spiro atoms. The van der Waals surface area contributed by atoms with E-state index in [-0.39, 0.29) is 17.7 Å². The Bertz CT molecular complexity index is 846. The third-order valence-corrected chi connectivity index (χ3v) is 3.55. The van der Waals surface area contributed by atoms with Crippen LogP contribution in [-0.4, -0.2) is 38.7 Å². The van der Waals surface area contributed by atoms with E-state index in [0.717, 1.165) is 0 Å². The van der Waals surface area contributed by atoms with Gasteiger partial charge in [-0.3, -0.25) is 25.8 Å². The van der Waals surface area contributed by atoms with E-state index in [1.165, 1.54) is 38.5 Å². The first kappa shape index (κ1) is 20.6. The third-order valence-electron chi connectivity index (χ3n) is 3.55. The fourth-order valence-electron chi connectivity index (χ4n) is 2.22. The molecule has 9 heteroatoms. The fraction of sp³-hybridized carbons (Fsp3) is 0.211. The van der Waals surface area contributed by atoms with Crippen molar-refractivity contribution in [2.75, 3.05) is 26.1 Å². The maximum absolute atomic E-state index is 12.3. The van der Waals surface area contributed by atoms with Crippen LogP contribution in [0.3, 0.4) is 0 Å². The van der Waals surface area contributed by atoms with Gasteiger partial charge in [-0.2, -0.15) is 0 Å². The molecule has 3 amide bonds. The van der Waals surface area contributed by atoms with Gasteiger partial charge in [0.25, 0.3) is 11.8 Å². The zero-order chi connectivity index (χ0) is 20.5. The van der Waals surface area contributed by atoms with Crippen LogP contribution in [0.5, 0.6) is 11.5 Å². The van der Waals surface area contributed by atoms with Crippen LogP contribution in [-0.2, 0) is 4.74 Å². The lowest BCUT2D eigenvalue weighted by molar-refractivity contribution is 0.0846. The van der Waals surface area contributed by atoms with Gasteiger partial charge in [-0.1, -0.05) is 6.07 Å². The molecular weight excluding hydrogens is 366 g/mol. The van der Waals surface area contributed by atoms with Gasteiger partial charge in [0.15, 0.2) is 0 Å². The maximum Gasteiger partial charge on any atom is 0.411 e.